The highest BCUT2D eigenvalue weighted by atomic mass is 32.2. The van der Waals surface area contributed by atoms with E-state index in [2.05, 4.69) is 35.6 Å². The van der Waals surface area contributed by atoms with E-state index in [9.17, 15) is 4.79 Å². The first-order chi connectivity index (χ1) is 13.0. The van der Waals surface area contributed by atoms with Crippen LogP contribution in [0, 0.1) is 11.8 Å². The number of ether oxygens (including phenoxy) is 1. The normalized spacial score (nSPS) is 21.4. The summed E-state index contributed by atoms with van der Waals surface area (Å²) >= 11 is 1.85. The number of carbonyl (C=O) groups excluding carboxylic acids is 1. The van der Waals surface area contributed by atoms with Gasteiger partial charge >= 0.3 is 0 Å². The van der Waals surface area contributed by atoms with Crippen LogP contribution < -0.4 is 10.1 Å². The van der Waals surface area contributed by atoms with Crippen LogP contribution in [-0.2, 0) is 11.3 Å². The molecule has 0 spiro atoms. The van der Waals surface area contributed by atoms with Crippen molar-refractivity contribution in [1.82, 2.24) is 9.62 Å². The Hall–Kier alpha value is -1.72. The van der Waals surface area contributed by atoms with Crippen molar-refractivity contribution in [3.05, 3.63) is 52.5 Å². The molecule has 0 aromatic heterocycles. The van der Waals surface area contributed by atoms with Crippen LogP contribution in [0.4, 0.5) is 0 Å². The number of methoxy groups -OCH3 is 1. The molecule has 1 heterocycles. The van der Waals surface area contributed by atoms with Gasteiger partial charge in [-0.3, -0.25) is 4.79 Å². The Bertz CT molecular complexity index is 721. The smallest absolute Gasteiger partial charge is 0.223 e. The molecule has 4 nitrogen and oxygen atoms in total. The molecule has 1 N–H and O–H groups in total. The first kappa shape index (κ1) is 20.0. The highest BCUT2D eigenvalue weighted by Gasteiger charge is 2.26. The average molecular weight is 387 g/mol. The molecule has 1 fully saturated rings. The molecule has 3 rings (SSSR count). The van der Waals surface area contributed by atoms with Gasteiger partial charge in [0.2, 0.25) is 5.91 Å². The van der Waals surface area contributed by atoms with Gasteiger partial charge in [-0.05, 0) is 56.2 Å². The Morgan fingerprint density at radius 3 is 2.74 bits per heavy atom. The van der Waals surface area contributed by atoms with Gasteiger partial charge in [0.25, 0.3) is 0 Å². The molecule has 1 aliphatic carbocycles. The molecule has 27 heavy (non-hydrogen) atoms. The molecule has 1 amide bonds. The van der Waals surface area contributed by atoms with Crippen molar-refractivity contribution in [2.45, 2.75) is 39.7 Å². The Morgan fingerprint density at radius 1 is 1.30 bits per heavy atom. The van der Waals surface area contributed by atoms with Crippen molar-refractivity contribution in [2.75, 3.05) is 20.2 Å². The summed E-state index contributed by atoms with van der Waals surface area (Å²) < 4.78 is 7.75. The number of hydrogen-bond acceptors (Lipinski definition) is 4. The minimum absolute atomic E-state index is 0.105. The van der Waals surface area contributed by atoms with Gasteiger partial charge in [-0.1, -0.05) is 36.8 Å². The predicted molar refractivity (Wildman–Crippen MR) is 112 cm³/mol. The van der Waals surface area contributed by atoms with E-state index in [1.54, 1.807) is 7.11 Å². The molecule has 1 atom stereocenters. The highest BCUT2D eigenvalue weighted by Crippen LogP contribution is 2.33. The van der Waals surface area contributed by atoms with Gasteiger partial charge in [0, 0.05) is 36.0 Å². The van der Waals surface area contributed by atoms with Crippen molar-refractivity contribution < 1.29 is 9.53 Å². The number of nitrogens with one attached hydrogen (secondary N) is 1. The number of carbonyl (C=O) groups is 1. The number of piperidine rings is 1. The maximum absolute atomic E-state index is 12.6. The molecule has 0 bridgehead atoms. The van der Waals surface area contributed by atoms with Crippen LogP contribution in [0.3, 0.4) is 0 Å². The van der Waals surface area contributed by atoms with Gasteiger partial charge in [-0.2, -0.15) is 0 Å². The molecule has 146 valence electrons. The summed E-state index contributed by atoms with van der Waals surface area (Å²) in [5.74, 6) is 1.71. The molecular formula is C22H30N2O2S. The van der Waals surface area contributed by atoms with E-state index in [1.807, 2.05) is 36.2 Å². The van der Waals surface area contributed by atoms with Gasteiger partial charge in [0.15, 0.2) is 0 Å². The first-order valence-corrected chi connectivity index (χ1v) is 10.5. The maximum atomic E-state index is 12.6. The van der Waals surface area contributed by atoms with Gasteiger partial charge in [-0.25, -0.2) is 4.31 Å². The third-order valence-corrected chi connectivity index (χ3v) is 6.27. The zero-order valence-electron chi connectivity index (χ0n) is 16.5. The van der Waals surface area contributed by atoms with E-state index in [-0.39, 0.29) is 11.8 Å². The molecule has 1 unspecified atom stereocenters. The number of nitrogens with zero attached hydrogens (tertiary/aromatic N) is 1. The lowest BCUT2D eigenvalue weighted by atomic mass is 9.97. The zero-order chi connectivity index (χ0) is 19.2. The van der Waals surface area contributed by atoms with Crippen LogP contribution >= 0.6 is 11.9 Å². The molecule has 1 saturated heterocycles. The summed E-state index contributed by atoms with van der Waals surface area (Å²) in [6, 6.07) is 7.83. The molecule has 0 saturated carbocycles. The van der Waals surface area contributed by atoms with E-state index in [0.717, 1.165) is 37.2 Å². The minimum atomic E-state index is 0.105. The minimum Gasteiger partial charge on any atom is -0.496 e. The van der Waals surface area contributed by atoms with Crippen molar-refractivity contribution >= 4 is 17.9 Å². The van der Waals surface area contributed by atoms with E-state index < -0.39 is 0 Å². The highest BCUT2D eigenvalue weighted by molar-refractivity contribution is 8.01. The lowest BCUT2D eigenvalue weighted by molar-refractivity contribution is -0.126. The van der Waals surface area contributed by atoms with Crippen LogP contribution in [0.1, 0.15) is 38.7 Å². The molecule has 5 heteroatoms. The topological polar surface area (TPSA) is 41.6 Å². The number of para-hydroxylation sites is 1. The third kappa shape index (κ3) is 5.63. The lowest BCUT2D eigenvalue weighted by Crippen LogP contribution is -2.38. The second-order valence-corrected chi connectivity index (χ2v) is 8.74. The van der Waals surface area contributed by atoms with Crippen LogP contribution in [0.2, 0.25) is 0 Å². The van der Waals surface area contributed by atoms with E-state index in [4.69, 9.17) is 4.74 Å². The summed E-state index contributed by atoms with van der Waals surface area (Å²) in [5.41, 5.74) is 2.47. The van der Waals surface area contributed by atoms with Crippen LogP contribution in [0.25, 0.3) is 0 Å². The van der Waals surface area contributed by atoms with E-state index >= 15 is 0 Å². The second-order valence-electron chi connectivity index (χ2n) is 7.57. The Morgan fingerprint density at radius 2 is 2.04 bits per heavy atom. The summed E-state index contributed by atoms with van der Waals surface area (Å²) in [6.07, 6.45) is 7.66. The summed E-state index contributed by atoms with van der Waals surface area (Å²) in [5, 5.41) is 3.09. The van der Waals surface area contributed by atoms with Gasteiger partial charge in [-0.15, -0.1) is 0 Å². The SMILES string of the molecule is COc1ccccc1CNC(=O)C1CCN(SC2=CC(C)CC(C)=C2)CC1. The van der Waals surface area contributed by atoms with E-state index in [0.29, 0.717) is 12.5 Å². The van der Waals surface area contributed by atoms with Crippen molar-refractivity contribution in [3.63, 3.8) is 0 Å². The second kappa shape index (κ2) is 9.47. The predicted octanol–water partition coefficient (Wildman–Crippen LogP) is 4.54. The maximum Gasteiger partial charge on any atom is 0.223 e. The number of allylic oxidation sites excluding steroid dienone is 3. The molecule has 0 radical (unpaired) electrons. The third-order valence-electron chi connectivity index (χ3n) is 5.19. The summed E-state index contributed by atoms with van der Waals surface area (Å²) in [6.45, 7) is 6.91. The van der Waals surface area contributed by atoms with Gasteiger partial charge < -0.3 is 10.1 Å². The summed E-state index contributed by atoms with van der Waals surface area (Å²) in [7, 11) is 1.66. The van der Waals surface area contributed by atoms with Crippen molar-refractivity contribution in [3.8, 4) is 5.75 Å². The standard InChI is InChI=1S/C22H30N2O2S/c1-16-12-17(2)14-20(13-16)27-24-10-8-18(9-11-24)22(25)23-15-19-6-4-5-7-21(19)26-3/h4-7,13-14,16,18H,8-12,15H2,1-3H3,(H,23,25). The fourth-order valence-electron chi connectivity index (χ4n) is 3.79. The fourth-order valence-corrected chi connectivity index (χ4v) is 5.03. The Balaban J connectivity index is 1.45. The lowest BCUT2D eigenvalue weighted by Gasteiger charge is -2.31. The number of amides is 1. The monoisotopic (exact) mass is 386 g/mol. The van der Waals surface area contributed by atoms with Crippen molar-refractivity contribution in [1.29, 1.82) is 0 Å². The molecule has 2 aliphatic rings. The zero-order valence-corrected chi connectivity index (χ0v) is 17.3. The average Bonchev–Trinajstić information content (AvgIpc) is 2.66. The number of hydrogen-bond donors (Lipinski definition) is 1. The molecule has 1 aromatic carbocycles. The molecule has 1 aromatic rings. The largest absolute Gasteiger partial charge is 0.496 e. The quantitative estimate of drug-likeness (QED) is 0.729. The Labute approximate surface area is 167 Å². The van der Waals surface area contributed by atoms with Crippen LogP contribution in [0.15, 0.2) is 46.9 Å². The van der Waals surface area contributed by atoms with Gasteiger partial charge in [0.1, 0.15) is 5.75 Å². The van der Waals surface area contributed by atoms with E-state index in [1.165, 1.54) is 16.9 Å². The molecule has 1 aliphatic heterocycles. The van der Waals surface area contributed by atoms with Crippen molar-refractivity contribution in [2.24, 2.45) is 11.8 Å². The Kier molecular flexibility index (Phi) is 7.02. The number of benzene rings is 1. The molecular weight excluding hydrogens is 356 g/mol. The van der Waals surface area contributed by atoms with Gasteiger partial charge in [0.05, 0.1) is 7.11 Å². The van der Waals surface area contributed by atoms with Crippen LogP contribution in [-0.4, -0.2) is 30.4 Å². The van der Waals surface area contributed by atoms with Crippen LogP contribution in [0.5, 0.6) is 5.75 Å². The number of rotatable bonds is 6. The first-order valence-electron chi connectivity index (χ1n) is 9.76. The fraction of sp³-hybridized carbons (Fsp3) is 0.500. The summed E-state index contributed by atoms with van der Waals surface area (Å²) in [4.78, 5) is 13.9.